The van der Waals surface area contributed by atoms with Gasteiger partial charge in [-0.2, -0.15) is 0 Å². The van der Waals surface area contributed by atoms with Crippen LogP contribution in [0, 0.1) is 0 Å². The molecule has 0 heterocycles. The predicted molar refractivity (Wildman–Crippen MR) is 114 cm³/mol. The van der Waals surface area contributed by atoms with E-state index < -0.39 is 0 Å². The number of rotatable bonds is 9. The van der Waals surface area contributed by atoms with Crippen LogP contribution >= 0.6 is 0 Å². The Morgan fingerprint density at radius 2 is 1.59 bits per heavy atom. The lowest BCUT2D eigenvalue weighted by Gasteiger charge is -2.19. The van der Waals surface area contributed by atoms with E-state index in [0.29, 0.717) is 24.6 Å². The van der Waals surface area contributed by atoms with Crippen LogP contribution in [0.5, 0.6) is 5.75 Å². The summed E-state index contributed by atoms with van der Waals surface area (Å²) in [5.41, 5.74) is 2.81. The number of nitrogens with one attached hydrogen (secondary N) is 2. The molecule has 0 aliphatic rings. The second-order valence-corrected chi connectivity index (χ2v) is 7.83. The largest absolute Gasteiger partial charge is 0.484 e. The van der Waals surface area contributed by atoms with Crippen molar-refractivity contribution in [3.63, 3.8) is 0 Å². The zero-order chi connectivity index (χ0) is 21.3. The maximum Gasteiger partial charge on any atom is 0.262 e. The highest BCUT2D eigenvalue weighted by Crippen LogP contribution is 2.24. The summed E-state index contributed by atoms with van der Waals surface area (Å²) in [6.07, 6.45) is 0.283. The van der Waals surface area contributed by atoms with Crippen molar-refractivity contribution in [2.75, 3.05) is 32.2 Å². The smallest absolute Gasteiger partial charge is 0.262 e. The monoisotopic (exact) mass is 398 g/mol. The quantitative estimate of drug-likeness (QED) is 0.636. The third-order valence-electron chi connectivity index (χ3n) is 4.32. The molecule has 2 N–H and O–H groups in total. The summed E-state index contributed by atoms with van der Waals surface area (Å²) in [6.45, 7) is 7.35. The van der Waals surface area contributed by atoms with Gasteiger partial charge in [0.15, 0.2) is 6.61 Å². The van der Waals surface area contributed by atoms with E-state index in [1.807, 2.05) is 36.4 Å². The Kier molecular flexibility index (Phi) is 8.21. The fourth-order valence-electron chi connectivity index (χ4n) is 2.64. The Morgan fingerprint density at radius 1 is 0.931 bits per heavy atom. The topological polar surface area (TPSA) is 76.7 Å². The van der Waals surface area contributed by atoms with Crippen molar-refractivity contribution in [3.8, 4) is 5.75 Å². The van der Waals surface area contributed by atoms with Crippen LogP contribution in [0.4, 0.5) is 5.69 Å². The van der Waals surface area contributed by atoms with Gasteiger partial charge in [0.1, 0.15) is 5.75 Å². The molecule has 156 valence electrons. The van der Waals surface area contributed by atoms with E-state index in [4.69, 9.17) is 9.47 Å². The molecule has 0 atom stereocenters. The molecule has 2 aromatic rings. The van der Waals surface area contributed by atoms with Gasteiger partial charge in [-0.25, -0.2) is 0 Å². The van der Waals surface area contributed by atoms with E-state index in [2.05, 4.69) is 31.4 Å². The van der Waals surface area contributed by atoms with E-state index >= 15 is 0 Å². The number of benzene rings is 2. The van der Waals surface area contributed by atoms with Gasteiger partial charge in [-0.1, -0.05) is 45.0 Å². The Hall–Kier alpha value is -2.86. The molecule has 0 aliphatic carbocycles. The zero-order valence-corrected chi connectivity index (χ0v) is 17.6. The van der Waals surface area contributed by atoms with Crippen molar-refractivity contribution in [3.05, 3.63) is 59.7 Å². The number of hydrogen-bond donors (Lipinski definition) is 2. The van der Waals surface area contributed by atoms with E-state index in [9.17, 15) is 9.59 Å². The van der Waals surface area contributed by atoms with Gasteiger partial charge >= 0.3 is 0 Å². The van der Waals surface area contributed by atoms with Crippen LogP contribution < -0.4 is 15.4 Å². The molecular weight excluding hydrogens is 368 g/mol. The number of carbonyl (C=O) groups excluding carboxylic acids is 2. The van der Waals surface area contributed by atoms with Gasteiger partial charge in [-0.05, 0) is 40.8 Å². The number of hydrogen-bond acceptors (Lipinski definition) is 4. The number of ether oxygens (including phenoxy) is 2. The van der Waals surface area contributed by atoms with Gasteiger partial charge in [0.05, 0.1) is 13.0 Å². The normalized spacial score (nSPS) is 11.0. The van der Waals surface area contributed by atoms with Crippen molar-refractivity contribution in [1.82, 2.24) is 5.32 Å². The summed E-state index contributed by atoms with van der Waals surface area (Å²) in [6, 6.07) is 15.0. The molecule has 0 aromatic heterocycles. The summed E-state index contributed by atoms with van der Waals surface area (Å²) in [7, 11) is 1.59. The van der Waals surface area contributed by atoms with Gasteiger partial charge in [0, 0.05) is 19.3 Å². The zero-order valence-electron chi connectivity index (χ0n) is 17.6. The van der Waals surface area contributed by atoms with Crippen LogP contribution in [-0.2, 0) is 26.2 Å². The summed E-state index contributed by atoms with van der Waals surface area (Å²) in [5, 5.41) is 5.56. The summed E-state index contributed by atoms with van der Waals surface area (Å²) >= 11 is 0. The van der Waals surface area contributed by atoms with Crippen LogP contribution in [0.2, 0.25) is 0 Å². The first-order valence-corrected chi connectivity index (χ1v) is 9.65. The Bertz CT molecular complexity index is 793. The molecule has 0 spiro atoms. The lowest BCUT2D eigenvalue weighted by molar-refractivity contribution is -0.120. The molecular formula is C23H30N2O4. The highest BCUT2D eigenvalue weighted by Gasteiger charge is 2.13. The minimum Gasteiger partial charge on any atom is -0.484 e. The maximum atomic E-state index is 12.1. The lowest BCUT2D eigenvalue weighted by atomic mass is 9.87. The first-order chi connectivity index (χ1) is 13.8. The first-order valence-electron chi connectivity index (χ1n) is 9.65. The molecule has 2 rings (SSSR count). The van der Waals surface area contributed by atoms with Crippen LogP contribution in [0.15, 0.2) is 48.5 Å². The minimum atomic E-state index is -0.241. The average Bonchev–Trinajstić information content (AvgIpc) is 2.68. The lowest BCUT2D eigenvalue weighted by Crippen LogP contribution is -2.28. The molecule has 0 saturated carbocycles. The summed E-state index contributed by atoms with van der Waals surface area (Å²) in [4.78, 5) is 23.9. The van der Waals surface area contributed by atoms with Crippen LogP contribution in [0.1, 0.15) is 31.9 Å². The number of amides is 2. The van der Waals surface area contributed by atoms with Crippen molar-refractivity contribution < 1.29 is 19.1 Å². The van der Waals surface area contributed by atoms with Crippen LogP contribution in [-0.4, -0.2) is 38.7 Å². The van der Waals surface area contributed by atoms with Crippen LogP contribution in [0.25, 0.3) is 0 Å². The van der Waals surface area contributed by atoms with Crippen molar-refractivity contribution in [2.24, 2.45) is 0 Å². The number of anilines is 1. The predicted octanol–water partition coefficient (Wildman–Crippen LogP) is 3.31. The van der Waals surface area contributed by atoms with E-state index in [0.717, 1.165) is 5.56 Å². The molecule has 0 bridgehead atoms. The average molecular weight is 399 g/mol. The first kappa shape index (κ1) is 22.4. The van der Waals surface area contributed by atoms with Gasteiger partial charge < -0.3 is 20.1 Å². The van der Waals surface area contributed by atoms with Gasteiger partial charge in [-0.15, -0.1) is 0 Å². The molecule has 29 heavy (non-hydrogen) atoms. The Balaban J connectivity index is 1.78. The summed E-state index contributed by atoms with van der Waals surface area (Å²) < 4.78 is 10.5. The minimum absolute atomic E-state index is 0.0651. The van der Waals surface area contributed by atoms with Crippen molar-refractivity contribution >= 4 is 17.5 Å². The van der Waals surface area contributed by atoms with Crippen LogP contribution in [0.3, 0.4) is 0 Å². The Morgan fingerprint density at radius 3 is 2.17 bits per heavy atom. The maximum absolute atomic E-state index is 12.1. The van der Waals surface area contributed by atoms with Gasteiger partial charge in [0.2, 0.25) is 5.91 Å². The fraction of sp³-hybridized carbons (Fsp3) is 0.391. The molecule has 2 amide bonds. The third kappa shape index (κ3) is 7.95. The Labute approximate surface area is 172 Å². The standard InChI is InChI=1S/C23H30N2O4/c1-23(2,3)18-7-11-20(12-8-18)29-16-22(27)25-19-9-5-17(6-10-19)15-21(26)24-13-14-28-4/h5-12H,13-16H2,1-4H3,(H,24,26)(H,25,27). The molecule has 2 aromatic carbocycles. The van der Waals surface area contributed by atoms with E-state index in [1.165, 1.54) is 5.56 Å². The second-order valence-electron chi connectivity index (χ2n) is 7.83. The molecule has 0 aliphatic heterocycles. The van der Waals surface area contributed by atoms with Crippen molar-refractivity contribution in [2.45, 2.75) is 32.6 Å². The fourth-order valence-corrected chi connectivity index (χ4v) is 2.64. The molecule has 6 heteroatoms. The van der Waals surface area contributed by atoms with E-state index in [1.54, 1.807) is 19.2 Å². The highest BCUT2D eigenvalue weighted by molar-refractivity contribution is 5.92. The molecule has 6 nitrogen and oxygen atoms in total. The SMILES string of the molecule is COCCNC(=O)Cc1ccc(NC(=O)COc2ccc(C(C)(C)C)cc2)cc1. The molecule has 0 unspecified atom stereocenters. The second kappa shape index (κ2) is 10.6. The molecule has 0 fully saturated rings. The van der Waals surface area contributed by atoms with Gasteiger partial charge in [0.25, 0.3) is 5.91 Å². The third-order valence-corrected chi connectivity index (χ3v) is 4.32. The number of carbonyl (C=O) groups is 2. The summed E-state index contributed by atoms with van der Waals surface area (Å²) in [5.74, 6) is 0.350. The van der Waals surface area contributed by atoms with E-state index in [-0.39, 0.29) is 30.3 Å². The molecule has 0 radical (unpaired) electrons. The number of methoxy groups -OCH3 is 1. The van der Waals surface area contributed by atoms with Gasteiger partial charge in [-0.3, -0.25) is 9.59 Å². The molecule has 0 saturated heterocycles. The highest BCUT2D eigenvalue weighted by atomic mass is 16.5. The van der Waals surface area contributed by atoms with Crippen molar-refractivity contribution in [1.29, 1.82) is 0 Å².